The number of likely N-dealkylation sites (tertiary alicyclic amines) is 2. The summed E-state index contributed by atoms with van der Waals surface area (Å²) in [5.74, 6) is 1.27. The van der Waals surface area contributed by atoms with Crippen molar-refractivity contribution < 1.29 is 4.79 Å². The van der Waals surface area contributed by atoms with Gasteiger partial charge in [-0.1, -0.05) is 6.07 Å². The van der Waals surface area contributed by atoms with Crippen LogP contribution in [0, 0.1) is 11.3 Å². The van der Waals surface area contributed by atoms with Crippen LogP contribution in [0.5, 0.6) is 0 Å². The molecule has 2 aliphatic heterocycles. The van der Waals surface area contributed by atoms with Crippen LogP contribution >= 0.6 is 0 Å². The summed E-state index contributed by atoms with van der Waals surface area (Å²) in [5, 5.41) is 0. The largest absolute Gasteiger partial charge is 0.342 e. The number of hydrogen-bond donors (Lipinski definition) is 0. The average Bonchev–Trinajstić information content (AvgIpc) is 3.32. The molecular weight excluding hydrogens is 274 g/mol. The molecule has 0 aromatic carbocycles. The van der Waals surface area contributed by atoms with Crippen molar-refractivity contribution in [2.45, 2.75) is 38.6 Å². The van der Waals surface area contributed by atoms with Gasteiger partial charge < -0.3 is 4.90 Å². The summed E-state index contributed by atoms with van der Waals surface area (Å²) in [6.45, 7) is 5.07. The van der Waals surface area contributed by atoms with Gasteiger partial charge in [-0.3, -0.25) is 14.7 Å². The number of pyridine rings is 1. The van der Waals surface area contributed by atoms with Gasteiger partial charge in [0.05, 0.1) is 5.41 Å². The van der Waals surface area contributed by atoms with E-state index in [1.54, 1.807) is 0 Å². The zero-order chi connectivity index (χ0) is 15.0. The summed E-state index contributed by atoms with van der Waals surface area (Å²) >= 11 is 0. The molecule has 22 heavy (non-hydrogen) atoms. The first kappa shape index (κ1) is 14.2. The molecule has 4 heteroatoms. The molecule has 1 aliphatic carbocycles. The van der Waals surface area contributed by atoms with Gasteiger partial charge in [0.1, 0.15) is 0 Å². The SMILES string of the molecule is O=C1N(CC2CC2)CCC12CCN(Cc1cccnc1)CC2. The van der Waals surface area contributed by atoms with Crippen molar-refractivity contribution in [2.75, 3.05) is 26.2 Å². The first-order valence-corrected chi connectivity index (χ1v) is 8.66. The third-order valence-electron chi connectivity index (χ3n) is 5.72. The van der Waals surface area contributed by atoms with Crippen molar-refractivity contribution in [2.24, 2.45) is 11.3 Å². The van der Waals surface area contributed by atoms with Gasteiger partial charge in [-0.05, 0) is 62.7 Å². The summed E-state index contributed by atoms with van der Waals surface area (Å²) in [6.07, 6.45) is 9.58. The molecule has 3 heterocycles. The number of hydrogen-bond acceptors (Lipinski definition) is 3. The van der Waals surface area contributed by atoms with Gasteiger partial charge in [-0.2, -0.15) is 0 Å². The van der Waals surface area contributed by atoms with Crippen LogP contribution in [0.25, 0.3) is 0 Å². The molecule has 1 saturated carbocycles. The molecule has 2 saturated heterocycles. The third-order valence-corrected chi connectivity index (χ3v) is 5.72. The van der Waals surface area contributed by atoms with Crippen molar-refractivity contribution in [3.63, 3.8) is 0 Å². The van der Waals surface area contributed by atoms with E-state index in [0.717, 1.165) is 57.9 Å². The van der Waals surface area contributed by atoms with Crippen molar-refractivity contribution in [3.05, 3.63) is 30.1 Å². The van der Waals surface area contributed by atoms with Crippen LogP contribution in [0.4, 0.5) is 0 Å². The fourth-order valence-corrected chi connectivity index (χ4v) is 4.03. The zero-order valence-corrected chi connectivity index (χ0v) is 13.2. The van der Waals surface area contributed by atoms with Crippen LogP contribution in [0.3, 0.4) is 0 Å². The number of aromatic nitrogens is 1. The molecule has 1 aromatic rings. The second kappa shape index (κ2) is 5.65. The van der Waals surface area contributed by atoms with Crippen molar-refractivity contribution in [1.82, 2.24) is 14.8 Å². The molecule has 0 N–H and O–H groups in total. The monoisotopic (exact) mass is 299 g/mol. The van der Waals surface area contributed by atoms with Gasteiger partial charge in [0.25, 0.3) is 0 Å². The summed E-state index contributed by atoms with van der Waals surface area (Å²) in [7, 11) is 0. The lowest BCUT2D eigenvalue weighted by molar-refractivity contribution is -0.138. The first-order valence-electron chi connectivity index (χ1n) is 8.66. The normalized spacial score (nSPS) is 25.1. The van der Waals surface area contributed by atoms with Crippen LogP contribution in [0.1, 0.15) is 37.7 Å². The third kappa shape index (κ3) is 2.76. The lowest BCUT2D eigenvalue weighted by atomic mass is 9.77. The molecule has 0 atom stereocenters. The molecule has 1 spiro atoms. The summed E-state index contributed by atoms with van der Waals surface area (Å²) < 4.78 is 0. The average molecular weight is 299 g/mol. The number of nitrogens with zero attached hydrogens (tertiary/aromatic N) is 3. The second-order valence-electron chi connectivity index (χ2n) is 7.36. The Hall–Kier alpha value is -1.42. The zero-order valence-electron chi connectivity index (χ0n) is 13.2. The van der Waals surface area contributed by atoms with Crippen LogP contribution < -0.4 is 0 Å². The van der Waals surface area contributed by atoms with Gasteiger partial charge in [0.2, 0.25) is 5.91 Å². The number of carbonyl (C=O) groups is 1. The van der Waals surface area contributed by atoms with E-state index in [-0.39, 0.29) is 5.41 Å². The molecule has 118 valence electrons. The Kier molecular flexibility index (Phi) is 3.65. The van der Waals surface area contributed by atoms with E-state index in [1.165, 1.54) is 18.4 Å². The summed E-state index contributed by atoms with van der Waals surface area (Å²) in [6, 6.07) is 4.13. The summed E-state index contributed by atoms with van der Waals surface area (Å²) in [4.78, 5) is 21.6. The fourth-order valence-electron chi connectivity index (χ4n) is 4.03. The van der Waals surface area contributed by atoms with Gasteiger partial charge in [-0.15, -0.1) is 0 Å². The highest BCUT2D eigenvalue weighted by Crippen LogP contribution is 2.43. The minimum Gasteiger partial charge on any atom is -0.342 e. The number of amides is 1. The van der Waals surface area contributed by atoms with E-state index in [2.05, 4.69) is 20.9 Å². The molecule has 4 nitrogen and oxygen atoms in total. The van der Waals surface area contributed by atoms with Crippen LogP contribution in [-0.2, 0) is 11.3 Å². The maximum absolute atomic E-state index is 12.8. The van der Waals surface area contributed by atoms with Gasteiger partial charge >= 0.3 is 0 Å². The molecule has 1 aromatic heterocycles. The van der Waals surface area contributed by atoms with Crippen molar-refractivity contribution in [3.8, 4) is 0 Å². The van der Waals surface area contributed by atoms with E-state index in [4.69, 9.17) is 0 Å². The molecule has 3 fully saturated rings. The molecule has 0 bridgehead atoms. The quantitative estimate of drug-likeness (QED) is 0.856. The van der Waals surface area contributed by atoms with Gasteiger partial charge in [-0.25, -0.2) is 0 Å². The highest BCUT2D eigenvalue weighted by Gasteiger charge is 2.48. The Labute approximate surface area is 132 Å². The Balaban J connectivity index is 1.34. The smallest absolute Gasteiger partial charge is 0.228 e. The van der Waals surface area contributed by atoms with Crippen molar-refractivity contribution in [1.29, 1.82) is 0 Å². The predicted octanol–water partition coefficient (Wildman–Crippen LogP) is 2.31. The first-order chi connectivity index (χ1) is 10.8. The molecule has 3 aliphatic rings. The standard InChI is InChI=1S/C18H25N3O/c22-17-18(7-11-21(17)14-15-3-4-15)5-9-20(10-6-18)13-16-2-1-8-19-12-16/h1-2,8,12,15H,3-7,9-11,13-14H2. The number of rotatable bonds is 4. The van der Waals surface area contributed by atoms with E-state index in [0.29, 0.717) is 5.91 Å². The van der Waals surface area contributed by atoms with E-state index >= 15 is 0 Å². The number of piperidine rings is 1. The van der Waals surface area contributed by atoms with E-state index < -0.39 is 0 Å². The molecule has 0 unspecified atom stereocenters. The lowest BCUT2D eigenvalue weighted by Gasteiger charge is -2.38. The Morgan fingerprint density at radius 3 is 2.64 bits per heavy atom. The fraction of sp³-hybridized carbons (Fsp3) is 0.667. The molecule has 1 amide bonds. The van der Waals surface area contributed by atoms with Crippen LogP contribution in [0.2, 0.25) is 0 Å². The molecule has 4 rings (SSSR count). The molecular formula is C18H25N3O. The Morgan fingerprint density at radius 1 is 1.18 bits per heavy atom. The Bertz CT molecular complexity index is 533. The van der Waals surface area contributed by atoms with Gasteiger partial charge in [0.15, 0.2) is 0 Å². The topological polar surface area (TPSA) is 36.4 Å². The second-order valence-corrected chi connectivity index (χ2v) is 7.36. The lowest BCUT2D eigenvalue weighted by Crippen LogP contribution is -2.44. The van der Waals surface area contributed by atoms with Crippen LogP contribution in [-0.4, -0.2) is 46.9 Å². The minimum atomic E-state index is -0.0275. The Morgan fingerprint density at radius 2 is 1.95 bits per heavy atom. The highest BCUT2D eigenvalue weighted by molar-refractivity contribution is 5.85. The predicted molar refractivity (Wildman–Crippen MR) is 85.1 cm³/mol. The maximum Gasteiger partial charge on any atom is 0.228 e. The molecule has 0 radical (unpaired) electrons. The van der Waals surface area contributed by atoms with Crippen molar-refractivity contribution >= 4 is 5.91 Å². The maximum atomic E-state index is 12.8. The van der Waals surface area contributed by atoms with Crippen LogP contribution in [0.15, 0.2) is 24.5 Å². The van der Waals surface area contributed by atoms with E-state index in [1.807, 2.05) is 18.5 Å². The minimum absolute atomic E-state index is 0.0275. The summed E-state index contributed by atoms with van der Waals surface area (Å²) in [5.41, 5.74) is 1.24. The van der Waals surface area contributed by atoms with E-state index in [9.17, 15) is 4.79 Å². The number of carbonyl (C=O) groups excluding carboxylic acids is 1. The van der Waals surface area contributed by atoms with Gasteiger partial charge in [0, 0.05) is 32.0 Å². The highest BCUT2D eigenvalue weighted by atomic mass is 16.2.